The number of rotatable bonds is 7. The van der Waals surface area contributed by atoms with Crippen molar-refractivity contribution in [1.82, 2.24) is 5.32 Å². The fourth-order valence-corrected chi connectivity index (χ4v) is 2.30. The Hall–Kier alpha value is -2.40. The second kappa shape index (κ2) is 8.90. The van der Waals surface area contributed by atoms with Gasteiger partial charge in [0.1, 0.15) is 0 Å². The average Bonchev–Trinajstić information content (AvgIpc) is 2.57. The Morgan fingerprint density at radius 1 is 1.26 bits per heavy atom. The molecular formula is C18H22N2O3. The summed E-state index contributed by atoms with van der Waals surface area (Å²) in [7, 11) is 0. The van der Waals surface area contributed by atoms with Gasteiger partial charge in [0.15, 0.2) is 0 Å². The molecule has 0 aliphatic carbocycles. The predicted molar refractivity (Wildman–Crippen MR) is 90.1 cm³/mol. The molecule has 5 heteroatoms. The zero-order valence-corrected chi connectivity index (χ0v) is 13.1. The maximum atomic E-state index is 11.9. The number of ether oxygens (including phenoxy) is 1. The van der Waals surface area contributed by atoms with Crippen LogP contribution in [-0.2, 0) is 20.7 Å². The van der Waals surface area contributed by atoms with Gasteiger partial charge in [-0.25, -0.2) is 0 Å². The van der Waals surface area contributed by atoms with E-state index in [1.807, 2.05) is 12.1 Å². The third kappa shape index (κ3) is 6.08. The lowest BCUT2D eigenvalue weighted by Gasteiger charge is -2.13. The number of hydrogen-bond acceptors (Lipinski definition) is 3. The number of hydrogen-bond donors (Lipinski definition) is 2. The summed E-state index contributed by atoms with van der Waals surface area (Å²) in [5.41, 5.74) is 2.94. The molecule has 0 bridgehead atoms. The number of carbonyl (C=O) groups excluding carboxylic acids is 2. The Bertz CT molecular complexity index is 591. The number of nitrogens with one attached hydrogen (secondary N) is 2. The first-order chi connectivity index (χ1) is 11.2. The first-order valence-electron chi connectivity index (χ1n) is 7.72. The van der Waals surface area contributed by atoms with Crippen LogP contribution in [0, 0.1) is 0 Å². The predicted octanol–water partition coefficient (Wildman–Crippen LogP) is 2.21. The van der Waals surface area contributed by atoms with Gasteiger partial charge in [-0.3, -0.25) is 9.59 Å². The summed E-state index contributed by atoms with van der Waals surface area (Å²) in [4.78, 5) is 23.1. The zero-order chi connectivity index (χ0) is 16.5. The van der Waals surface area contributed by atoms with Crippen molar-refractivity contribution >= 4 is 17.5 Å². The van der Waals surface area contributed by atoms with Crippen molar-refractivity contribution in [1.29, 1.82) is 0 Å². The molecule has 2 rings (SSSR count). The van der Waals surface area contributed by atoms with Crippen molar-refractivity contribution in [3.63, 3.8) is 0 Å². The van der Waals surface area contributed by atoms with E-state index >= 15 is 0 Å². The minimum absolute atomic E-state index is 0.000497. The average molecular weight is 314 g/mol. The molecule has 0 radical (unpaired) electrons. The molecule has 23 heavy (non-hydrogen) atoms. The minimum Gasteiger partial charge on any atom is -0.377 e. The minimum atomic E-state index is -0.252. The van der Waals surface area contributed by atoms with Crippen molar-refractivity contribution in [2.24, 2.45) is 0 Å². The van der Waals surface area contributed by atoms with Gasteiger partial charge in [0.25, 0.3) is 0 Å². The second-order valence-corrected chi connectivity index (χ2v) is 5.35. The van der Waals surface area contributed by atoms with E-state index in [9.17, 15) is 9.59 Å². The lowest BCUT2D eigenvalue weighted by Crippen LogP contribution is -2.26. The molecule has 1 aliphatic rings. The number of carbonyl (C=O) groups is 2. The highest BCUT2D eigenvalue weighted by molar-refractivity contribution is 5.98. The molecule has 2 amide bonds. The van der Waals surface area contributed by atoms with E-state index in [-0.39, 0.29) is 11.8 Å². The van der Waals surface area contributed by atoms with Crippen molar-refractivity contribution in [3.8, 4) is 0 Å². The van der Waals surface area contributed by atoms with E-state index in [1.165, 1.54) is 11.6 Å². The second-order valence-electron chi connectivity index (χ2n) is 5.35. The topological polar surface area (TPSA) is 67.4 Å². The van der Waals surface area contributed by atoms with Crippen LogP contribution < -0.4 is 10.6 Å². The van der Waals surface area contributed by atoms with E-state index in [0.29, 0.717) is 25.3 Å². The van der Waals surface area contributed by atoms with Gasteiger partial charge in [0, 0.05) is 12.2 Å². The summed E-state index contributed by atoms with van der Waals surface area (Å²) in [6, 6.07) is 7.21. The van der Waals surface area contributed by atoms with Crippen LogP contribution >= 0.6 is 0 Å². The molecule has 1 aromatic rings. The molecule has 0 saturated heterocycles. The van der Waals surface area contributed by atoms with Gasteiger partial charge in [-0.05, 0) is 36.6 Å². The zero-order valence-electron chi connectivity index (χ0n) is 13.1. The number of amides is 2. The molecule has 5 nitrogen and oxygen atoms in total. The van der Waals surface area contributed by atoms with Gasteiger partial charge >= 0.3 is 0 Å². The van der Waals surface area contributed by atoms with Crippen LogP contribution in [0.15, 0.2) is 48.6 Å². The third-order valence-electron chi connectivity index (χ3n) is 3.60. The first-order valence-corrected chi connectivity index (χ1v) is 7.72. The summed E-state index contributed by atoms with van der Waals surface area (Å²) in [6.07, 6.45) is 5.47. The number of benzene rings is 1. The number of anilines is 1. The summed E-state index contributed by atoms with van der Waals surface area (Å²) < 4.78 is 5.25. The third-order valence-corrected chi connectivity index (χ3v) is 3.60. The molecule has 0 fully saturated rings. The Labute approximate surface area is 136 Å². The fourth-order valence-electron chi connectivity index (χ4n) is 2.30. The molecule has 0 atom stereocenters. The smallest absolute Gasteiger partial charge is 0.247 e. The Balaban J connectivity index is 1.73. The van der Waals surface area contributed by atoms with Crippen LogP contribution in [0.2, 0.25) is 0 Å². The lowest BCUT2D eigenvalue weighted by atomic mass is 10.1. The van der Waals surface area contributed by atoms with Crippen molar-refractivity contribution in [2.75, 3.05) is 25.1 Å². The molecule has 1 aromatic carbocycles. The van der Waals surface area contributed by atoms with Crippen LogP contribution in [0.5, 0.6) is 0 Å². The summed E-state index contributed by atoms with van der Waals surface area (Å²) in [6.45, 7) is 5.50. The SMILES string of the molecule is C=CC(=O)Nc1ccc(CC(=O)NCCC2=CCOCC2)cc1. The molecule has 122 valence electrons. The highest BCUT2D eigenvalue weighted by atomic mass is 16.5. The summed E-state index contributed by atoms with van der Waals surface area (Å²) in [5, 5.41) is 5.60. The van der Waals surface area contributed by atoms with Gasteiger partial charge in [-0.2, -0.15) is 0 Å². The molecule has 1 aliphatic heterocycles. The van der Waals surface area contributed by atoms with Crippen molar-refractivity contribution < 1.29 is 14.3 Å². The van der Waals surface area contributed by atoms with Crippen LogP contribution in [0.4, 0.5) is 5.69 Å². The molecule has 0 unspecified atom stereocenters. The van der Waals surface area contributed by atoms with Gasteiger partial charge in [0.05, 0.1) is 19.6 Å². The highest BCUT2D eigenvalue weighted by Gasteiger charge is 2.06. The quantitative estimate of drug-likeness (QED) is 0.599. The van der Waals surface area contributed by atoms with Crippen LogP contribution in [0.25, 0.3) is 0 Å². The molecule has 2 N–H and O–H groups in total. The molecule has 0 spiro atoms. The monoisotopic (exact) mass is 314 g/mol. The van der Waals surface area contributed by atoms with E-state index < -0.39 is 0 Å². The van der Waals surface area contributed by atoms with E-state index in [2.05, 4.69) is 23.3 Å². The normalized spacial score (nSPS) is 13.8. The Morgan fingerprint density at radius 3 is 2.70 bits per heavy atom. The largest absolute Gasteiger partial charge is 0.377 e. The van der Waals surface area contributed by atoms with Gasteiger partial charge in [-0.15, -0.1) is 0 Å². The van der Waals surface area contributed by atoms with E-state index in [4.69, 9.17) is 4.74 Å². The molecule has 0 saturated carbocycles. The highest BCUT2D eigenvalue weighted by Crippen LogP contribution is 2.12. The standard InChI is InChI=1S/C18H22N2O3/c1-2-17(21)20-16-5-3-15(4-6-16)13-18(22)19-10-7-14-8-11-23-12-9-14/h2-6,8H,1,7,9-13H2,(H,19,22)(H,20,21). The Kier molecular flexibility index (Phi) is 6.56. The van der Waals surface area contributed by atoms with E-state index in [0.717, 1.165) is 25.0 Å². The lowest BCUT2D eigenvalue weighted by molar-refractivity contribution is -0.120. The molecule has 0 aromatic heterocycles. The molecular weight excluding hydrogens is 292 g/mol. The summed E-state index contributed by atoms with van der Waals surface area (Å²) >= 11 is 0. The summed E-state index contributed by atoms with van der Waals surface area (Å²) in [5.74, 6) is -0.251. The van der Waals surface area contributed by atoms with Crippen LogP contribution in [0.3, 0.4) is 0 Å². The van der Waals surface area contributed by atoms with Gasteiger partial charge in [0.2, 0.25) is 11.8 Å². The van der Waals surface area contributed by atoms with Gasteiger partial charge in [-0.1, -0.05) is 30.4 Å². The van der Waals surface area contributed by atoms with E-state index in [1.54, 1.807) is 12.1 Å². The first kappa shape index (κ1) is 17.0. The fraction of sp³-hybridized carbons (Fsp3) is 0.333. The molecule has 1 heterocycles. The van der Waals surface area contributed by atoms with Crippen LogP contribution in [-0.4, -0.2) is 31.6 Å². The maximum absolute atomic E-state index is 11.9. The van der Waals surface area contributed by atoms with Crippen molar-refractivity contribution in [3.05, 3.63) is 54.1 Å². The van der Waals surface area contributed by atoms with Crippen LogP contribution in [0.1, 0.15) is 18.4 Å². The van der Waals surface area contributed by atoms with Gasteiger partial charge < -0.3 is 15.4 Å². The Morgan fingerprint density at radius 2 is 2.04 bits per heavy atom. The van der Waals surface area contributed by atoms with Crippen molar-refractivity contribution in [2.45, 2.75) is 19.3 Å². The maximum Gasteiger partial charge on any atom is 0.247 e.